The summed E-state index contributed by atoms with van der Waals surface area (Å²) in [4.78, 5) is 40.7. The number of nitrogens with zero attached hydrogens (tertiary/aromatic N) is 4. The molecule has 12 heteroatoms. The molecule has 2 aromatic heterocycles. The predicted octanol–water partition coefficient (Wildman–Crippen LogP) is 5.35. The molecular formula is C24H12F6N4O2. The second kappa shape index (κ2) is 8.18. The van der Waals surface area contributed by atoms with E-state index >= 15 is 0 Å². The van der Waals surface area contributed by atoms with Gasteiger partial charge in [0.1, 0.15) is 28.5 Å². The van der Waals surface area contributed by atoms with Crippen molar-refractivity contribution in [2.24, 2.45) is 0 Å². The van der Waals surface area contributed by atoms with Gasteiger partial charge in [-0.15, -0.1) is 0 Å². The Kier molecular flexibility index (Phi) is 5.34. The van der Waals surface area contributed by atoms with E-state index in [0.717, 1.165) is 0 Å². The first-order chi connectivity index (χ1) is 17.0. The Hall–Kier alpha value is -4.22. The van der Waals surface area contributed by atoms with Crippen LogP contribution in [0.15, 0.2) is 54.6 Å². The molecule has 2 aliphatic carbocycles. The van der Waals surface area contributed by atoms with Crippen molar-refractivity contribution in [3.8, 4) is 11.3 Å². The maximum atomic E-state index is 13.8. The molecule has 3 aromatic rings. The second-order valence-electron chi connectivity index (χ2n) is 7.95. The van der Waals surface area contributed by atoms with Crippen molar-refractivity contribution in [3.63, 3.8) is 0 Å². The molecule has 6 nitrogen and oxygen atoms in total. The van der Waals surface area contributed by atoms with Crippen LogP contribution in [0.4, 0.5) is 26.3 Å². The van der Waals surface area contributed by atoms with Gasteiger partial charge in [-0.2, -0.15) is 26.3 Å². The van der Waals surface area contributed by atoms with Crippen LogP contribution in [0, 0.1) is 0 Å². The van der Waals surface area contributed by atoms with Gasteiger partial charge in [0.25, 0.3) is 0 Å². The average Bonchev–Trinajstić information content (AvgIpc) is 2.85. The molecule has 0 radical (unpaired) electrons. The van der Waals surface area contributed by atoms with Crippen LogP contribution < -0.4 is 0 Å². The molecule has 2 aliphatic rings. The van der Waals surface area contributed by atoms with E-state index in [2.05, 4.69) is 19.9 Å². The van der Waals surface area contributed by atoms with E-state index in [1.807, 2.05) is 0 Å². The Morgan fingerprint density at radius 1 is 0.667 bits per heavy atom. The Bertz CT molecular complexity index is 1480. The maximum Gasteiger partial charge on any atom is 0.435 e. The number of alkyl halides is 6. The summed E-state index contributed by atoms with van der Waals surface area (Å²) in [5, 5.41) is 0. The molecule has 0 N–H and O–H groups in total. The number of hydrogen-bond donors (Lipinski definition) is 0. The average molecular weight is 502 g/mol. The van der Waals surface area contributed by atoms with Crippen molar-refractivity contribution in [2.75, 3.05) is 0 Å². The molecule has 36 heavy (non-hydrogen) atoms. The van der Waals surface area contributed by atoms with Gasteiger partial charge in [0.2, 0.25) is 11.6 Å². The lowest BCUT2D eigenvalue weighted by Crippen LogP contribution is -2.31. The lowest BCUT2D eigenvalue weighted by molar-refractivity contribution is -0.142. The lowest BCUT2D eigenvalue weighted by Gasteiger charge is -2.23. The number of rotatable bonds is 2. The Balaban J connectivity index is 1.75. The highest BCUT2D eigenvalue weighted by molar-refractivity contribution is 6.25. The minimum atomic E-state index is -5.08. The van der Waals surface area contributed by atoms with Gasteiger partial charge >= 0.3 is 12.4 Å². The quantitative estimate of drug-likeness (QED) is 0.344. The molecule has 0 saturated carbocycles. The standard InChI is InChI=1S/C24H12F6N4O2/c25-23(26,27)21-13(11-7-3-1-4-8-11)31-15-17(33-21)20(36)18-16(19(15)35)32-14(12-9-5-2-6-10-12)22(34-18)24(28,29)30/h1-9,12H,10H2. The molecule has 0 amide bonds. The monoisotopic (exact) mass is 502 g/mol. The smallest absolute Gasteiger partial charge is 0.285 e. The summed E-state index contributed by atoms with van der Waals surface area (Å²) >= 11 is 0. The SMILES string of the molecule is O=C1c2nc(-c3ccccc3)c(C(F)(F)F)nc2C(=O)c2nc(C(F)(F)F)c(C3C=CC=CC3)nc21. The number of carbonyl (C=O) groups is 2. The summed E-state index contributed by atoms with van der Waals surface area (Å²) in [6.45, 7) is 0. The molecule has 2 heterocycles. The summed E-state index contributed by atoms with van der Waals surface area (Å²) in [5.41, 5.74) is -7.86. The second-order valence-corrected chi connectivity index (χ2v) is 7.95. The van der Waals surface area contributed by atoms with Crippen LogP contribution >= 0.6 is 0 Å². The summed E-state index contributed by atoms with van der Waals surface area (Å²) in [7, 11) is 0. The number of halogens is 6. The molecule has 1 atom stereocenters. The van der Waals surface area contributed by atoms with E-state index in [4.69, 9.17) is 0 Å². The van der Waals surface area contributed by atoms with Gasteiger partial charge in [-0.05, 0) is 6.42 Å². The summed E-state index contributed by atoms with van der Waals surface area (Å²) < 4.78 is 83.0. The topological polar surface area (TPSA) is 85.7 Å². The van der Waals surface area contributed by atoms with Crippen molar-refractivity contribution < 1.29 is 35.9 Å². The normalized spacial score (nSPS) is 17.2. The van der Waals surface area contributed by atoms with Crippen LogP contribution in [-0.4, -0.2) is 31.5 Å². The van der Waals surface area contributed by atoms with Crippen LogP contribution in [-0.2, 0) is 12.4 Å². The number of fused-ring (bicyclic) bond motifs is 2. The highest BCUT2D eigenvalue weighted by atomic mass is 19.4. The van der Waals surface area contributed by atoms with Gasteiger partial charge in [0, 0.05) is 11.5 Å². The van der Waals surface area contributed by atoms with Crippen molar-refractivity contribution in [1.29, 1.82) is 0 Å². The van der Waals surface area contributed by atoms with Gasteiger partial charge < -0.3 is 0 Å². The molecule has 0 bridgehead atoms. The van der Waals surface area contributed by atoms with E-state index < -0.39 is 75.4 Å². The molecular weight excluding hydrogens is 490 g/mol. The van der Waals surface area contributed by atoms with Crippen LogP contribution in [0.3, 0.4) is 0 Å². The Morgan fingerprint density at radius 3 is 1.78 bits per heavy atom. The van der Waals surface area contributed by atoms with Gasteiger partial charge in [-0.3, -0.25) is 9.59 Å². The number of carbonyl (C=O) groups excluding carboxylic acids is 2. The number of aromatic nitrogens is 4. The van der Waals surface area contributed by atoms with E-state index in [1.165, 1.54) is 36.4 Å². The van der Waals surface area contributed by atoms with E-state index in [0.29, 0.717) is 0 Å². The molecule has 0 fully saturated rings. The molecule has 5 rings (SSSR count). The number of allylic oxidation sites excluding steroid dienone is 4. The van der Waals surface area contributed by atoms with Gasteiger partial charge in [0.15, 0.2) is 11.4 Å². The zero-order valence-corrected chi connectivity index (χ0v) is 17.9. The molecule has 1 aromatic carbocycles. The summed E-state index contributed by atoms with van der Waals surface area (Å²) in [5.74, 6) is -3.43. The third-order valence-corrected chi connectivity index (χ3v) is 5.60. The van der Waals surface area contributed by atoms with Crippen molar-refractivity contribution in [3.05, 3.63) is 94.5 Å². The van der Waals surface area contributed by atoms with Crippen molar-refractivity contribution in [2.45, 2.75) is 24.7 Å². The fraction of sp³-hybridized carbons (Fsp3) is 0.167. The summed E-state index contributed by atoms with van der Waals surface area (Å²) in [6.07, 6.45) is -3.81. The van der Waals surface area contributed by atoms with Gasteiger partial charge in [-0.1, -0.05) is 54.6 Å². The highest BCUT2D eigenvalue weighted by Gasteiger charge is 2.45. The maximum absolute atomic E-state index is 13.8. The third kappa shape index (κ3) is 3.88. The molecule has 0 aliphatic heterocycles. The van der Waals surface area contributed by atoms with Crippen molar-refractivity contribution in [1.82, 2.24) is 19.9 Å². The highest BCUT2D eigenvalue weighted by Crippen LogP contribution is 2.39. The lowest BCUT2D eigenvalue weighted by atomic mass is 9.92. The van der Waals surface area contributed by atoms with Crippen LogP contribution in [0.2, 0.25) is 0 Å². The van der Waals surface area contributed by atoms with E-state index in [1.54, 1.807) is 18.2 Å². The van der Waals surface area contributed by atoms with E-state index in [-0.39, 0.29) is 12.0 Å². The fourth-order valence-corrected chi connectivity index (χ4v) is 3.99. The first kappa shape index (κ1) is 23.5. The fourth-order valence-electron chi connectivity index (χ4n) is 3.99. The first-order valence-corrected chi connectivity index (χ1v) is 10.4. The zero-order valence-electron chi connectivity index (χ0n) is 17.9. The van der Waals surface area contributed by atoms with Crippen molar-refractivity contribution >= 4 is 11.6 Å². The molecule has 1 unspecified atom stereocenters. The van der Waals surface area contributed by atoms with Gasteiger partial charge in [-0.25, -0.2) is 19.9 Å². The number of hydrogen-bond acceptors (Lipinski definition) is 6. The van der Waals surface area contributed by atoms with Crippen LogP contribution in [0.25, 0.3) is 11.3 Å². The Morgan fingerprint density at radius 2 is 1.22 bits per heavy atom. The predicted molar refractivity (Wildman–Crippen MR) is 112 cm³/mol. The molecule has 0 saturated heterocycles. The number of benzene rings is 1. The minimum Gasteiger partial charge on any atom is -0.285 e. The van der Waals surface area contributed by atoms with Crippen LogP contribution in [0.1, 0.15) is 61.8 Å². The molecule has 182 valence electrons. The van der Waals surface area contributed by atoms with Crippen LogP contribution in [0.5, 0.6) is 0 Å². The third-order valence-electron chi connectivity index (χ3n) is 5.60. The largest absolute Gasteiger partial charge is 0.435 e. The van der Waals surface area contributed by atoms with Gasteiger partial charge in [0.05, 0.1) is 5.69 Å². The minimum absolute atomic E-state index is 0.0236. The zero-order chi connectivity index (χ0) is 25.8. The summed E-state index contributed by atoms with van der Waals surface area (Å²) in [6, 6.07) is 7.07. The Labute approximate surface area is 198 Å². The molecule has 0 spiro atoms. The first-order valence-electron chi connectivity index (χ1n) is 10.4. The van der Waals surface area contributed by atoms with E-state index in [9.17, 15) is 35.9 Å². The number of ketones is 2.